The molecule has 0 saturated carbocycles. The SMILES string of the molecule is C=CCn1c(SCCOc2ccc(Cl)cc2Cl)nnc1-c1ccoc1C. The maximum atomic E-state index is 6.10. The first kappa shape index (κ1) is 18.9. The van der Waals surface area contributed by atoms with Crippen molar-refractivity contribution in [3.8, 4) is 17.1 Å². The third kappa shape index (κ3) is 4.26. The van der Waals surface area contributed by atoms with E-state index in [1.54, 1.807) is 36.2 Å². The number of hydrogen-bond donors (Lipinski definition) is 0. The van der Waals surface area contributed by atoms with Crippen molar-refractivity contribution >= 4 is 35.0 Å². The van der Waals surface area contributed by atoms with Crippen LogP contribution in [0, 0.1) is 6.92 Å². The van der Waals surface area contributed by atoms with Crippen LogP contribution in [-0.2, 0) is 6.54 Å². The fourth-order valence-electron chi connectivity index (χ4n) is 2.38. The van der Waals surface area contributed by atoms with Crippen LogP contribution in [0.25, 0.3) is 11.4 Å². The van der Waals surface area contributed by atoms with Gasteiger partial charge in [-0.05, 0) is 31.2 Å². The summed E-state index contributed by atoms with van der Waals surface area (Å²) >= 11 is 13.5. The Morgan fingerprint density at radius 1 is 1.31 bits per heavy atom. The van der Waals surface area contributed by atoms with Gasteiger partial charge in [-0.25, -0.2) is 0 Å². The van der Waals surface area contributed by atoms with E-state index in [0.717, 1.165) is 22.3 Å². The van der Waals surface area contributed by atoms with Crippen molar-refractivity contribution < 1.29 is 9.15 Å². The van der Waals surface area contributed by atoms with Gasteiger partial charge in [0.1, 0.15) is 11.5 Å². The number of furan rings is 1. The lowest BCUT2D eigenvalue weighted by molar-refractivity contribution is 0.344. The van der Waals surface area contributed by atoms with E-state index >= 15 is 0 Å². The Kier molecular flexibility index (Phi) is 6.29. The predicted molar refractivity (Wildman–Crippen MR) is 105 cm³/mol. The van der Waals surface area contributed by atoms with Crippen molar-refractivity contribution in [1.82, 2.24) is 14.8 Å². The first-order valence-corrected chi connectivity index (χ1v) is 9.63. The van der Waals surface area contributed by atoms with Crippen molar-refractivity contribution in [3.63, 3.8) is 0 Å². The number of ether oxygens (including phenoxy) is 1. The Labute approximate surface area is 166 Å². The highest BCUT2D eigenvalue weighted by molar-refractivity contribution is 7.99. The quantitative estimate of drug-likeness (QED) is 0.278. The van der Waals surface area contributed by atoms with E-state index in [9.17, 15) is 0 Å². The average molecular weight is 410 g/mol. The molecule has 0 bridgehead atoms. The third-order valence-corrected chi connectivity index (χ3v) is 5.06. The highest BCUT2D eigenvalue weighted by atomic mass is 35.5. The number of aromatic nitrogens is 3. The molecule has 1 aromatic carbocycles. The molecular weight excluding hydrogens is 393 g/mol. The number of benzene rings is 1. The molecule has 2 aromatic heterocycles. The zero-order chi connectivity index (χ0) is 18.5. The van der Waals surface area contributed by atoms with Crippen LogP contribution in [0.1, 0.15) is 5.76 Å². The van der Waals surface area contributed by atoms with Crippen molar-refractivity contribution in [1.29, 1.82) is 0 Å². The average Bonchev–Trinajstić information content (AvgIpc) is 3.20. The number of thioether (sulfide) groups is 1. The van der Waals surface area contributed by atoms with Crippen LogP contribution in [0.3, 0.4) is 0 Å². The minimum atomic E-state index is 0.479. The van der Waals surface area contributed by atoms with Crippen LogP contribution in [0.2, 0.25) is 10.0 Å². The zero-order valence-electron chi connectivity index (χ0n) is 14.1. The zero-order valence-corrected chi connectivity index (χ0v) is 16.4. The minimum absolute atomic E-state index is 0.479. The summed E-state index contributed by atoms with van der Waals surface area (Å²) in [6, 6.07) is 7.05. The molecule has 8 heteroatoms. The fourth-order valence-corrected chi connectivity index (χ4v) is 3.61. The van der Waals surface area contributed by atoms with Gasteiger partial charge in [-0.1, -0.05) is 41.0 Å². The monoisotopic (exact) mass is 409 g/mol. The van der Waals surface area contributed by atoms with Gasteiger partial charge in [0.15, 0.2) is 11.0 Å². The van der Waals surface area contributed by atoms with Crippen LogP contribution in [0.4, 0.5) is 0 Å². The largest absolute Gasteiger partial charge is 0.491 e. The second kappa shape index (κ2) is 8.66. The molecule has 0 N–H and O–H groups in total. The molecule has 136 valence electrons. The first-order chi connectivity index (χ1) is 12.6. The molecule has 26 heavy (non-hydrogen) atoms. The molecule has 0 unspecified atom stereocenters. The maximum absolute atomic E-state index is 6.10. The molecule has 0 aliphatic rings. The number of hydrogen-bond acceptors (Lipinski definition) is 5. The van der Waals surface area contributed by atoms with Crippen molar-refractivity contribution in [2.24, 2.45) is 0 Å². The second-order valence-electron chi connectivity index (χ2n) is 5.37. The van der Waals surface area contributed by atoms with Gasteiger partial charge in [-0.2, -0.15) is 0 Å². The summed E-state index contributed by atoms with van der Waals surface area (Å²) in [5.74, 6) is 2.87. The molecule has 2 heterocycles. The van der Waals surface area contributed by atoms with Gasteiger partial charge in [-0.15, -0.1) is 16.8 Å². The fraction of sp³-hybridized carbons (Fsp3) is 0.222. The van der Waals surface area contributed by atoms with Crippen LogP contribution in [0.15, 0.2) is 52.8 Å². The normalized spacial score (nSPS) is 10.9. The van der Waals surface area contributed by atoms with Crippen LogP contribution in [-0.4, -0.2) is 27.1 Å². The summed E-state index contributed by atoms with van der Waals surface area (Å²) in [6.45, 7) is 6.81. The van der Waals surface area contributed by atoms with E-state index in [-0.39, 0.29) is 0 Å². The Balaban J connectivity index is 1.65. The number of aryl methyl sites for hydroxylation is 1. The summed E-state index contributed by atoms with van der Waals surface area (Å²) in [5, 5.41) is 10.5. The van der Waals surface area contributed by atoms with Crippen LogP contribution < -0.4 is 4.74 Å². The number of rotatable bonds is 8. The van der Waals surface area contributed by atoms with Crippen molar-refractivity contribution in [2.45, 2.75) is 18.6 Å². The summed E-state index contributed by atoms with van der Waals surface area (Å²) in [4.78, 5) is 0. The van der Waals surface area contributed by atoms with Crippen LogP contribution >= 0.6 is 35.0 Å². The number of nitrogens with zero attached hydrogens (tertiary/aromatic N) is 3. The molecule has 0 radical (unpaired) electrons. The van der Waals surface area contributed by atoms with E-state index in [4.69, 9.17) is 32.4 Å². The lowest BCUT2D eigenvalue weighted by Gasteiger charge is -2.09. The molecule has 0 saturated heterocycles. The molecule has 0 amide bonds. The molecule has 5 nitrogen and oxygen atoms in total. The Morgan fingerprint density at radius 3 is 2.85 bits per heavy atom. The Bertz CT molecular complexity index is 908. The topological polar surface area (TPSA) is 53.1 Å². The molecule has 0 aliphatic heterocycles. The third-order valence-electron chi connectivity index (χ3n) is 3.59. The summed E-state index contributed by atoms with van der Waals surface area (Å²) in [6.07, 6.45) is 3.46. The van der Waals surface area contributed by atoms with Gasteiger partial charge in [0.25, 0.3) is 0 Å². The molecule has 0 fully saturated rings. The van der Waals surface area contributed by atoms with E-state index in [2.05, 4.69) is 16.8 Å². The molecule has 3 aromatic rings. The van der Waals surface area contributed by atoms with E-state index < -0.39 is 0 Å². The first-order valence-electron chi connectivity index (χ1n) is 7.89. The van der Waals surface area contributed by atoms with E-state index in [1.807, 2.05) is 23.6 Å². The van der Waals surface area contributed by atoms with Gasteiger partial charge in [0, 0.05) is 17.3 Å². The van der Waals surface area contributed by atoms with E-state index in [0.29, 0.717) is 34.7 Å². The van der Waals surface area contributed by atoms with Crippen molar-refractivity contribution in [2.75, 3.05) is 12.4 Å². The Morgan fingerprint density at radius 2 is 2.15 bits per heavy atom. The van der Waals surface area contributed by atoms with Gasteiger partial charge < -0.3 is 9.15 Å². The standard InChI is InChI=1S/C18H17Cl2N3O2S/c1-3-7-23-17(14-6-8-24-12(14)2)21-22-18(23)26-10-9-25-16-5-4-13(19)11-15(16)20/h3-6,8,11H,1,7,9-10H2,2H3. The second-order valence-corrected chi connectivity index (χ2v) is 7.27. The summed E-state index contributed by atoms with van der Waals surface area (Å²) in [5.41, 5.74) is 0.926. The number of halogens is 2. The van der Waals surface area contributed by atoms with Gasteiger partial charge >= 0.3 is 0 Å². The highest BCUT2D eigenvalue weighted by Gasteiger charge is 2.16. The summed E-state index contributed by atoms with van der Waals surface area (Å²) in [7, 11) is 0. The molecular formula is C18H17Cl2N3O2S. The lowest BCUT2D eigenvalue weighted by Crippen LogP contribution is -2.04. The smallest absolute Gasteiger partial charge is 0.191 e. The highest BCUT2D eigenvalue weighted by Crippen LogP contribution is 2.29. The lowest BCUT2D eigenvalue weighted by atomic mass is 10.2. The minimum Gasteiger partial charge on any atom is -0.491 e. The maximum Gasteiger partial charge on any atom is 0.191 e. The van der Waals surface area contributed by atoms with Crippen LogP contribution in [0.5, 0.6) is 5.75 Å². The van der Waals surface area contributed by atoms with E-state index in [1.165, 1.54) is 0 Å². The van der Waals surface area contributed by atoms with Gasteiger partial charge in [0.05, 0.1) is 23.5 Å². The van der Waals surface area contributed by atoms with Crippen molar-refractivity contribution in [3.05, 3.63) is 59.0 Å². The number of allylic oxidation sites excluding steroid dienone is 1. The molecule has 0 aliphatic carbocycles. The Hall–Kier alpha value is -1.89. The molecule has 0 spiro atoms. The predicted octanol–water partition coefficient (Wildman–Crippen LogP) is 5.51. The van der Waals surface area contributed by atoms with Gasteiger partial charge in [0.2, 0.25) is 0 Å². The van der Waals surface area contributed by atoms with Gasteiger partial charge in [-0.3, -0.25) is 4.57 Å². The molecule has 3 rings (SSSR count). The molecule has 0 atom stereocenters. The summed E-state index contributed by atoms with van der Waals surface area (Å²) < 4.78 is 13.1.